The first-order chi connectivity index (χ1) is 16.7. The Balaban J connectivity index is 1.38. The van der Waals surface area contributed by atoms with Crippen molar-refractivity contribution in [2.45, 2.75) is 33.2 Å². The van der Waals surface area contributed by atoms with Crippen LogP contribution in [0.15, 0.2) is 72.8 Å². The Morgan fingerprint density at radius 3 is 2.44 bits per heavy atom. The third-order valence-corrected chi connectivity index (χ3v) is 5.71. The number of hydrogen-bond donors (Lipinski definition) is 1. The van der Waals surface area contributed by atoms with E-state index in [4.69, 9.17) is 14.5 Å². The molecule has 34 heavy (non-hydrogen) atoms. The van der Waals surface area contributed by atoms with Gasteiger partial charge < -0.3 is 19.4 Å². The van der Waals surface area contributed by atoms with Gasteiger partial charge in [0.15, 0.2) is 11.5 Å². The number of amides is 1. The molecule has 0 radical (unpaired) electrons. The van der Waals surface area contributed by atoms with E-state index in [-0.39, 0.29) is 5.91 Å². The van der Waals surface area contributed by atoms with Crippen LogP contribution >= 0.6 is 0 Å². The number of carbonyl (C=O) groups excluding carboxylic acids is 1. The van der Waals surface area contributed by atoms with Crippen molar-refractivity contribution < 1.29 is 14.3 Å². The molecule has 0 unspecified atom stereocenters. The first kappa shape index (κ1) is 23.4. The molecule has 6 nitrogen and oxygen atoms in total. The molecule has 176 valence electrons. The summed E-state index contributed by atoms with van der Waals surface area (Å²) >= 11 is 0. The Kier molecular flexibility index (Phi) is 7.81. The van der Waals surface area contributed by atoms with Gasteiger partial charge in [-0.05, 0) is 56.2 Å². The highest BCUT2D eigenvalue weighted by atomic mass is 16.5. The van der Waals surface area contributed by atoms with Gasteiger partial charge in [0.25, 0.3) is 5.91 Å². The monoisotopic (exact) mass is 457 g/mol. The molecule has 1 amide bonds. The van der Waals surface area contributed by atoms with Gasteiger partial charge in [0, 0.05) is 18.5 Å². The average Bonchev–Trinajstić information content (AvgIpc) is 3.20. The summed E-state index contributed by atoms with van der Waals surface area (Å²) in [6.45, 7) is 6.27. The molecule has 0 atom stereocenters. The first-order valence-electron chi connectivity index (χ1n) is 11.8. The van der Waals surface area contributed by atoms with Gasteiger partial charge in [-0.1, -0.05) is 42.5 Å². The topological polar surface area (TPSA) is 65.4 Å². The predicted octanol–water partition coefficient (Wildman–Crippen LogP) is 5.19. The Labute approximate surface area is 200 Å². The molecule has 0 spiro atoms. The van der Waals surface area contributed by atoms with E-state index >= 15 is 0 Å². The van der Waals surface area contributed by atoms with Crippen molar-refractivity contribution in [3.8, 4) is 11.5 Å². The van der Waals surface area contributed by atoms with Crippen LogP contribution in [0.25, 0.3) is 11.0 Å². The fourth-order valence-corrected chi connectivity index (χ4v) is 4.03. The van der Waals surface area contributed by atoms with E-state index < -0.39 is 0 Å². The van der Waals surface area contributed by atoms with Gasteiger partial charge in [-0.2, -0.15) is 0 Å². The van der Waals surface area contributed by atoms with Gasteiger partial charge in [0.05, 0.1) is 24.2 Å². The molecule has 3 aromatic carbocycles. The lowest BCUT2D eigenvalue weighted by Gasteiger charge is -2.14. The van der Waals surface area contributed by atoms with Crippen LogP contribution in [0.5, 0.6) is 11.5 Å². The number of fused-ring (bicyclic) bond motifs is 1. The third-order valence-electron chi connectivity index (χ3n) is 5.71. The van der Waals surface area contributed by atoms with Crippen molar-refractivity contribution >= 4 is 16.9 Å². The van der Waals surface area contributed by atoms with Gasteiger partial charge in [-0.3, -0.25) is 4.79 Å². The molecule has 0 saturated heterocycles. The number of hydrogen-bond acceptors (Lipinski definition) is 4. The minimum absolute atomic E-state index is 0.0343. The summed E-state index contributed by atoms with van der Waals surface area (Å²) in [7, 11) is 0. The van der Waals surface area contributed by atoms with Crippen LogP contribution in [0.2, 0.25) is 0 Å². The minimum atomic E-state index is -0.0343. The molecule has 0 bridgehead atoms. The lowest BCUT2D eigenvalue weighted by Crippen LogP contribution is -2.25. The summed E-state index contributed by atoms with van der Waals surface area (Å²) in [6.07, 6.45) is 1.56. The zero-order valence-electron chi connectivity index (χ0n) is 19.8. The first-order valence-corrected chi connectivity index (χ1v) is 11.8. The highest BCUT2D eigenvalue weighted by molar-refractivity contribution is 5.95. The Bertz CT molecular complexity index is 1250. The van der Waals surface area contributed by atoms with Gasteiger partial charge in [0.1, 0.15) is 12.4 Å². The van der Waals surface area contributed by atoms with Crippen LogP contribution < -0.4 is 14.8 Å². The third kappa shape index (κ3) is 5.57. The number of nitrogens with zero attached hydrogens (tertiary/aromatic N) is 2. The van der Waals surface area contributed by atoms with Crippen molar-refractivity contribution in [3.63, 3.8) is 0 Å². The molecule has 1 aromatic heterocycles. The zero-order chi connectivity index (χ0) is 23.8. The van der Waals surface area contributed by atoms with E-state index in [0.717, 1.165) is 52.3 Å². The predicted molar refractivity (Wildman–Crippen MR) is 135 cm³/mol. The van der Waals surface area contributed by atoms with Crippen LogP contribution in [0.3, 0.4) is 0 Å². The smallest absolute Gasteiger partial charge is 0.251 e. The Morgan fingerprint density at radius 1 is 0.941 bits per heavy atom. The lowest BCUT2D eigenvalue weighted by atomic mass is 10.1. The second-order valence-corrected chi connectivity index (χ2v) is 8.07. The van der Waals surface area contributed by atoms with E-state index in [2.05, 4.69) is 16.0 Å². The molecule has 4 aromatic rings. The summed E-state index contributed by atoms with van der Waals surface area (Å²) in [5.74, 6) is 2.46. The van der Waals surface area contributed by atoms with E-state index in [0.29, 0.717) is 26.3 Å². The summed E-state index contributed by atoms with van der Waals surface area (Å²) in [5, 5.41) is 3.03. The standard InChI is InChI=1S/C28H31N3O3/c1-3-33-25-15-8-9-16-26(25)34-20-19-31-24-14-7-6-13-23(24)30-27(31)17-10-18-29-28(32)22-12-5-4-11-21(22)2/h4-9,11-16H,3,10,17-20H2,1-2H3,(H,29,32). The minimum Gasteiger partial charge on any atom is -0.490 e. The molecular formula is C28H31N3O3. The van der Waals surface area contributed by atoms with Crippen LogP contribution in [-0.2, 0) is 13.0 Å². The van der Waals surface area contributed by atoms with E-state index in [9.17, 15) is 4.79 Å². The number of nitrogens with one attached hydrogen (secondary N) is 1. The molecule has 0 fully saturated rings. The molecular weight excluding hydrogens is 426 g/mol. The summed E-state index contributed by atoms with van der Waals surface area (Å²) in [5.41, 5.74) is 3.76. The van der Waals surface area contributed by atoms with Crippen LogP contribution in [-0.4, -0.2) is 35.2 Å². The largest absolute Gasteiger partial charge is 0.490 e. The van der Waals surface area contributed by atoms with Gasteiger partial charge in [0.2, 0.25) is 0 Å². The van der Waals surface area contributed by atoms with Crippen LogP contribution in [0.4, 0.5) is 0 Å². The molecule has 6 heteroatoms. The van der Waals surface area contributed by atoms with Crippen LogP contribution in [0, 0.1) is 6.92 Å². The van der Waals surface area contributed by atoms with Crippen LogP contribution in [0.1, 0.15) is 35.1 Å². The van der Waals surface area contributed by atoms with E-state index in [1.54, 1.807) is 0 Å². The molecule has 0 aliphatic heterocycles. The molecule has 1 N–H and O–H groups in total. The van der Waals surface area contributed by atoms with Crippen molar-refractivity contribution in [1.82, 2.24) is 14.9 Å². The summed E-state index contributed by atoms with van der Waals surface area (Å²) in [6, 6.07) is 23.5. The summed E-state index contributed by atoms with van der Waals surface area (Å²) in [4.78, 5) is 17.3. The van der Waals surface area contributed by atoms with Crippen molar-refractivity contribution in [1.29, 1.82) is 0 Å². The summed E-state index contributed by atoms with van der Waals surface area (Å²) < 4.78 is 13.9. The average molecular weight is 458 g/mol. The molecule has 0 aliphatic rings. The van der Waals surface area contributed by atoms with E-state index in [1.807, 2.05) is 80.6 Å². The number of ether oxygens (including phenoxy) is 2. The van der Waals surface area contributed by atoms with Gasteiger partial charge in [-0.25, -0.2) is 4.98 Å². The second kappa shape index (κ2) is 11.4. The number of benzene rings is 3. The lowest BCUT2D eigenvalue weighted by molar-refractivity contribution is 0.0952. The maximum absolute atomic E-state index is 12.5. The number of aromatic nitrogens is 2. The fraction of sp³-hybridized carbons (Fsp3) is 0.286. The number of imidazole rings is 1. The van der Waals surface area contributed by atoms with Crippen molar-refractivity contribution in [3.05, 3.63) is 89.7 Å². The molecule has 0 aliphatic carbocycles. The maximum Gasteiger partial charge on any atom is 0.251 e. The van der Waals surface area contributed by atoms with Crippen molar-refractivity contribution in [2.75, 3.05) is 19.8 Å². The number of rotatable bonds is 11. The highest BCUT2D eigenvalue weighted by Crippen LogP contribution is 2.26. The normalized spacial score (nSPS) is 10.9. The van der Waals surface area contributed by atoms with E-state index in [1.165, 1.54) is 0 Å². The van der Waals surface area contributed by atoms with Crippen molar-refractivity contribution in [2.24, 2.45) is 0 Å². The van der Waals surface area contributed by atoms with Gasteiger partial charge in [-0.15, -0.1) is 0 Å². The van der Waals surface area contributed by atoms with Gasteiger partial charge >= 0.3 is 0 Å². The quantitative estimate of drug-likeness (QED) is 0.315. The number of para-hydroxylation sites is 4. The second-order valence-electron chi connectivity index (χ2n) is 8.07. The number of aryl methyl sites for hydroxylation is 2. The SMILES string of the molecule is CCOc1ccccc1OCCn1c(CCCNC(=O)c2ccccc2C)nc2ccccc21. The number of carbonyl (C=O) groups is 1. The Morgan fingerprint density at radius 2 is 1.65 bits per heavy atom. The fourth-order valence-electron chi connectivity index (χ4n) is 4.03. The highest BCUT2D eigenvalue weighted by Gasteiger charge is 2.12. The Hall–Kier alpha value is -3.80. The maximum atomic E-state index is 12.5. The molecule has 1 heterocycles. The molecule has 0 saturated carbocycles. The zero-order valence-corrected chi connectivity index (χ0v) is 19.8. The molecule has 4 rings (SSSR count).